The van der Waals surface area contributed by atoms with Crippen LogP contribution in [0.3, 0.4) is 0 Å². The van der Waals surface area contributed by atoms with Gasteiger partial charge in [0.05, 0.1) is 10.3 Å². The zero-order valence-electron chi connectivity index (χ0n) is 14.3. The van der Waals surface area contributed by atoms with Crippen LogP contribution in [0, 0.1) is 0 Å². The molecule has 136 valence electrons. The lowest BCUT2D eigenvalue weighted by Gasteiger charge is -2.10. The first-order chi connectivity index (χ1) is 13.1. The van der Waals surface area contributed by atoms with Crippen molar-refractivity contribution in [1.29, 1.82) is 0 Å². The zero-order valence-corrected chi connectivity index (χ0v) is 15.2. The van der Waals surface area contributed by atoms with Gasteiger partial charge in [0.25, 0.3) is 0 Å². The minimum absolute atomic E-state index is 0.168. The fourth-order valence-corrected chi connectivity index (χ4v) is 3.58. The number of benzene rings is 1. The fraction of sp³-hybridized carbons (Fsp3) is 0.0556. The maximum atomic E-state index is 12.0. The number of H-pyrrole nitrogens is 1. The number of aromatic nitrogens is 4. The van der Waals surface area contributed by atoms with E-state index in [-0.39, 0.29) is 4.90 Å². The molecule has 4 aromatic rings. The lowest BCUT2D eigenvalue weighted by molar-refractivity contribution is 0.588. The summed E-state index contributed by atoms with van der Waals surface area (Å²) in [4.78, 5) is 16.1. The number of pyridine rings is 1. The predicted molar refractivity (Wildman–Crippen MR) is 103 cm³/mol. The lowest BCUT2D eigenvalue weighted by atomic mass is 10.1. The Kier molecular flexibility index (Phi) is 4.30. The molecule has 0 unspecified atom stereocenters. The number of hydrogen-bond acceptors (Lipinski definition) is 6. The number of aromatic amines is 1. The molecule has 0 amide bonds. The highest BCUT2D eigenvalue weighted by atomic mass is 32.2. The Bertz CT molecular complexity index is 1200. The van der Waals surface area contributed by atoms with Gasteiger partial charge < -0.3 is 10.3 Å². The average molecular weight is 380 g/mol. The topological polar surface area (TPSA) is 113 Å². The lowest BCUT2D eigenvalue weighted by Crippen LogP contribution is -2.18. The Balaban J connectivity index is 1.80. The number of rotatable bonds is 5. The summed E-state index contributed by atoms with van der Waals surface area (Å²) in [5, 5.41) is 3.99. The van der Waals surface area contributed by atoms with Crippen molar-refractivity contribution in [2.45, 2.75) is 4.90 Å². The summed E-state index contributed by atoms with van der Waals surface area (Å²) in [6, 6.07) is 10.3. The van der Waals surface area contributed by atoms with Gasteiger partial charge in [0.15, 0.2) is 0 Å². The molecule has 8 nitrogen and oxygen atoms in total. The van der Waals surface area contributed by atoms with Crippen molar-refractivity contribution in [3.05, 3.63) is 61.3 Å². The molecule has 27 heavy (non-hydrogen) atoms. The number of anilines is 2. The zero-order chi connectivity index (χ0) is 18.9. The SMILES string of the molecule is CNS(=O)(=O)c1cccc(Nc2ncnc3[nH]cc(-c4cccnc4)c23)c1. The van der Waals surface area contributed by atoms with Crippen LogP contribution in [-0.2, 0) is 10.0 Å². The second-order valence-electron chi connectivity index (χ2n) is 5.75. The van der Waals surface area contributed by atoms with Gasteiger partial charge >= 0.3 is 0 Å². The molecule has 0 aliphatic carbocycles. The molecule has 0 fully saturated rings. The molecule has 0 atom stereocenters. The normalized spacial score (nSPS) is 11.6. The summed E-state index contributed by atoms with van der Waals surface area (Å²) in [5.41, 5.74) is 3.10. The Morgan fingerprint density at radius 3 is 2.78 bits per heavy atom. The van der Waals surface area contributed by atoms with Crippen LogP contribution in [0.4, 0.5) is 11.5 Å². The third-order valence-corrected chi connectivity index (χ3v) is 5.53. The highest BCUT2D eigenvalue weighted by Crippen LogP contribution is 2.33. The molecule has 0 radical (unpaired) electrons. The summed E-state index contributed by atoms with van der Waals surface area (Å²) < 4.78 is 26.4. The van der Waals surface area contributed by atoms with Crippen LogP contribution < -0.4 is 10.0 Å². The van der Waals surface area contributed by atoms with E-state index >= 15 is 0 Å². The smallest absolute Gasteiger partial charge is 0.240 e. The van der Waals surface area contributed by atoms with E-state index < -0.39 is 10.0 Å². The van der Waals surface area contributed by atoms with Crippen LogP contribution in [0.25, 0.3) is 22.2 Å². The van der Waals surface area contributed by atoms with Crippen LogP contribution in [0.1, 0.15) is 0 Å². The van der Waals surface area contributed by atoms with Gasteiger partial charge in [0.1, 0.15) is 17.8 Å². The van der Waals surface area contributed by atoms with Crippen LogP contribution in [0.2, 0.25) is 0 Å². The number of nitrogens with one attached hydrogen (secondary N) is 3. The van der Waals surface area contributed by atoms with E-state index in [0.29, 0.717) is 17.2 Å². The van der Waals surface area contributed by atoms with E-state index in [4.69, 9.17) is 0 Å². The molecule has 3 heterocycles. The summed E-state index contributed by atoms with van der Waals surface area (Å²) >= 11 is 0. The van der Waals surface area contributed by atoms with E-state index in [1.54, 1.807) is 30.6 Å². The molecular formula is C18H16N6O2S. The molecule has 4 rings (SSSR count). The van der Waals surface area contributed by atoms with Gasteiger partial charge in [-0.2, -0.15) is 0 Å². The first-order valence-corrected chi connectivity index (χ1v) is 9.60. The Morgan fingerprint density at radius 2 is 2.00 bits per heavy atom. The first kappa shape index (κ1) is 17.1. The minimum atomic E-state index is -3.53. The minimum Gasteiger partial charge on any atom is -0.345 e. The van der Waals surface area contributed by atoms with Crippen molar-refractivity contribution in [1.82, 2.24) is 24.7 Å². The maximum absolute atomic E-state index is 12.0. The summed E-state index contributed by atoms with van der Waals surface area (Å²) in [5.74, 6) is 0.569. The standard InChI is InChI=1S/C18H16N6O2S/c1-19-27(25,26)14-6-2-5-13(8-14)24-18-16-15(12-4-3-7-20-9-12)10-21-17(16)22-11-23-18/h2-11,19H,1H3,(H2,21,22,23,24). The first-order valence-electron chi connectivity index (χ1n) is 8.11. The average Bonchev–Trinajstić information content (AvgIpc) is 3.14. The molecular weight excluding hydrogens is 364 g/mol. The number of hydrogen-bond donors (Lipinski definition) is 3. The third-order valence-electron chi connectivity index (χ3n) is 4.12. The molecule has 0 aliphatic heterocycles. The van der Waals surface area contributed by atoms with E-state index in [0.717, 1.165) is 16.5 Å². The maximum Gasteiger partial charge on any atom is 0.240 e. The summed E-state index contributed by atoms with van der Waals surface area (Å²) in [6.07, 6.45) is 6.77. The monoisotopic (exact) mass is 380 g/mol. The Morgan fingerprint density at radius 1 is 1.11 bits per heavy atom. The van der Waals surface area contributed by atoms with E-state index in [1.165, 1.54) is 19.4 Å². The van der Waals surface area contributed by atoms with Crippen LogP contribution in [-0.4, -0.2) is 35.4 Å². The fourth-order valence-electron chi connectivity index (χ4n) is 2.80. The van der Waals surface area contributed by atoms with Gasteiger partial charge in [-0.05, 0) is 31.3 Å². The van der Waals surface area contributed by atoms with E-state index in [9.17, 15) is 8.42 Å². The molecule has 0 aliphatic rings. The number of sulfonamides is 1. The number of fused-ring (bicyclic) bond motifs is 1. The van der Waals surface area contributed by atoms with E-state index in [1.807, 2.05) is 18.3 Å². The van der Waals surface area contributed by atoms with Crippen molar-refractivity contribution in [3.63, 3.8) is 0 Å². The van der Waals surface area contributed by atoms with Crippen LogP contribution in [0.5, 0.6) is 0 Å². The summed E-state index contributed by atoms with van der Waals surface area (Å²) in [6.45, 7) is 0. The Labute approximate surface area is 155 Å². The molecule has 0 saturated heterocycles. The van der Waals surface area contributed by atoms with Crippen LogP contribution >= 0.6 is 0 Å². The van der Waals surface area contributed by atoms with Crippen molar-refractivity contribution in [2.75, 3.05) is 12.4 Å². The van der Waals surface area contributed by atoms with Crippen LogP contribution in [0.15, 0.2) is 66.2 Å². The second kappa shape index (κ2) is 6.78. The molecule has 3 N–H and O–H groups in total. The van der Waals surface area contributed by atoms with Crippen molar-refractivity contribution in [3.8, 4) is 11.1 Å². The van der Waals surface area contributed by atoms with Gasteiger partial charge in [0, 0.05) is 35.4 Å². The molecule has 0 bridgehead atoms. The molecule has 0 spiro atoms. The van der Waals surface area contributed by atoms with Gasteiger partial charge in [-0.1, -0.05) is 12.1 Å². The van der Waals surface area contributed by atoms with Crippen molar-refractivity contribution in [2.24, 2.45) is 0 Å². The predicted octanol–water partition coefficient (Wildman–Crippen LogP) is 2.67. The van der Waals surface area contributed by atoms with E-state index in [2.05, 4.69) is 30.0 Å². The second-order valence-corrected chi connectivity index (χ2v) is 7.64. The largest absolute Gasteiger partial charge is 0.345 e. The van der Waals surface area contributed by atoms with Gasteiger partial charge in [0.2, 0.25) is 10.0 Å². The third kappa shape index (κ3) is 3.25. The molecule has 9 heteroatoms. The van der Waals surface area contributed by atoms with Gasteiger partial charge in [-0.25, -0.2) is 23.1 Å². The van der Waals surface area contributed by atoms with Crippen molar-refractivity contribution >= 4 is 32.6 Å². The molecule has 3 aromatic heterocycles. The molecule has 1 aromatic carbocycles. The Hall–Kier alpha value is -3.30. The van der Waals surface area contributed by atoms with Crippen molar-refractivity contribution < 1.29 is 8.42 Å². The highest BCUT2D eigenvalue weighted by Gasteiger charge is 2.15. The molecule has 0 saturated carbocycles. The van der Waals surface area contributed by atoms with Gasteiger partial charge in [-0.3, -0.25) is 4.98 Å². The quantitative estimate of drug-likeness (QED) is 0.491. The summed E-state index contributed by atoms with van der Waals surface area (Å²) in [7, 11) is -2.15. The highest BCUT2D eigenvalue weighted by molar-refractivity contribution is 7.89. The van der Waals surface area contributed by atoms with Gasteiger partial charge in [-0.15, -0.1) is 0 Å². The number of nitrogens with zero attached hydrogens (tertiary/aromatic N) is 3.